The number of nitro groups is 1. The van der Waals surface area contributed by atoms with Crippen molar-refractivity contribution in [2.75, 3.05) is 4.90 Å². The SMILES string of the molecule is CC(=O)N(c1cc([N+](=O)[O-])ccn1)c1ccc(F)cc1Cl. The second kappa shape index (κ2) is 5.84. The van der Waals surface area contributed by atoms with Crippen molar-refractivity contribution in [3.63, 3.8) is 0 Å². The van der Waals surface area contributed by atoms with E-state index < -0.39 is 16.6 Å². The van der Waals surface area contributed by atoms with Gasteiger partial charge in [0.05, 0.1) is 21.7 Å². The van der Waals surface area contributed by atoms with Crippen molar-refractivity contribution in [1.29, 1.82) is 0 Å². The molecule has 6 nitrogen and oxygen atoms in total. The van der Waals surface area contributed by atoms with Gasteiger partial charge in [-0.05, 0) is 18.2 Å². The first-order chi connectivity index (χ1) is 9.90. The monoisotopic (exact) mass is 309 g/mol. The molecule has 1 aromatic carbocycles. The number of rotatable bonds is 3. The van der Waals surface area contributed by atoms with Crippen molar-refractivity contribution in [2.45, 2.75) is 6.92 Å². The molecule has 2 aromatic rings. The molecule has 0 bridgehead atoms. The summed E-state index contributed by atoms with van der Waals surface area (Å²) in [4.78, 5) is 27.0. The van der Waals surface area contributed by atoms with Crippen LogP contribution >= 0.6 is 11.6 Å². The van der Waals surface area contributed by atoms with Crippen LogP contribution in [0.2, 0.25) is 5.02 Å². The van der Waals surface area contributed by atoms with Crippen LogP contribution in [-0.2, 0) is 4.79 Å². The van der Waals surface area contributed by atoms with Gasteiger partial charge in [0.25, 0.3) is 5.69 Å². The van der Waals surface area contributed by atoms with Gasteiger partial charge < -0.3 is 0 Å². The summed E-state index contributed by atoms with van der Waals surface area (Å²) in [6.07, 6.45) is 1.21. The van der Waals surface area contributed by atoms with Gasteiger partial charge >= 0.3 is 0 Å². The number of benzene rings is 1. The standard InChI is InChI=1S/C13H9ClFN3O3/c1-8(19)17(12-3-2-9(15)6-11(12)14)13-7-10(18(20)21)4-5-16-13/h2-7H,1H3. The van der Waals surface area contributed by atoms with Gasteiger partial charge in [-0.15, -0.1) is 0 Å². The minimum atomic E-state index is -0.601. The van der Waals surface area contributed by atoms with Crippen molar-refractivity contribution >= 4 is 34.7 Å². The predicted molar refractivity (Wildman–Crippen MR) is 75.1 cm³/mol. The number of hydrogen-bond acceptors (Lipinski definition) is 4. The van der Waals surface area contributed by atoms with Gasteiger partial charge in [0, 0.05) is 19.2 Å². The molecule has 0 radical (unpaired) electrons. The number of nitrogens with zero attached hydrogens (tertiary/aromatic N) is 3. The van der Waals surface area contributed by atoms with E-state index in [1.807, 2.05) is 0 Å². The van der Waals surface area contributed by atoms with E-state index in [4.69, 9.17) is 11.6 Å². The van der Waals surface area contributed by atoms with E-state index in [-0.39, 0.29) is 22.2 Å². The zero-order valence-electron chi connectivity index (χ0n) is 10.8. The molecule has 0 unspecified atom stereocenters. The molecule has 2 rings (SSSR count). The zero-order valence-corrected chi connectivity index (χ0v) is 11.5. The van der Waals surface area contributed by atoms with Gasteiger partial charge in [-0.3, -0.25) is 19.8 Å². The Labute approximate surface area is 123 Å². The van der Waals surface area contributed by atoms with Crippen LogP contribution < -0.4 is 4.90 Å². The van der Waals surface area contributed by atoms with Crippen molar-refractivity contribution in [3.05, 3.63) is 57.5 Å². The highest BCUT2D eigenvalue weighted by Gasteiger charge is 2.20. The number of aromatic nitrogens is 1. The highest BCUT2D eigenvalue weighted by atomic mass is 35.5. The minimum Gasteiger partial charge on any atom is -0.274 e. The van der Waals surface area contributed by atoms with Crippen molar-refractivity contribution in [1.82, 2.24) is 4.98 Å². The highest BCUT2D eigenvalue weighted by molar-refractivity contribution is 6.34. The number of carbonyl (C=O) groups is 1. The first-order valence-corrected chi connectivity index (χ1v) is 6.14. The molecule has 0 spiro atoms. The third kappa shape index (κ3) is 3.14. The number of carbonyl (C=O) groups excluding carboxylic acids is 1. The molecule has 8 heteroatoms. The molecule has 108 valence electrons. The van der Waals surface area contributed by atoms with Crippen LogP contribution in [0.1, 0.15) is 6.92 Å². The van der Waals surface area contributed by atoms with Gasteiger partial charge in [0.2, 0.25) is 5.91 Å². The quantitative estimate of drug-likeness (QED) is 0.642. The van der Waals surface area contributed by atoms with Crippen molar-refractivity contribution in [3.8, 4) is 0 Å². The summed E-state index contributed by atoms with van der Waals surface area (Å²) in [6.45, 7) is 1.25. The minimum absolute atomic E-state index is 0.00138. The number of pyridine rings is 1. The average Bonchev–Trinajstić information content (AvgIpc) is 2.41. The lowest BCUT2D eigenvalue weighted by Gasteiger charge is -2.21. The summed E-state index contributed by atoms with van der Waals surface area (Å²) in [5.74, 6) is -0.985. The Bertz CT molecular complexity index is 724. The second-order valence-electron chi connectivity index (χ2n) is 4.08. The maximum absolute atomic E-state index is 13.1. The largest absolute Gasteiger partial charge is 0.274 e. The van der Waals surface area contributed by atoms with Crippen molar-refractivity contribution < 1.29 is 14.1 Å². The van der Waals surface area contributed by atoms with Crippen LogP contribution in [-0.4, -0.2) is 15.8 Å². The number of amides is 1. The fourth-order valence-electron chi connectivity index (χ4n) is 1.76. The third-order valence-electron chi connectivity index (χ3n) is 2.63. The molecule has 0 fully saturated rings. The molecule has 0 aliphatic heterocycles. The molecule has 1 heterocycles. The lowest BCUT2D eigenvalue weighted by atomic mass is 10.2. The Kier molecular flexibility index (Phi) is 4.13. The van der Waals surface area contributed by atoms with E-state index in [1.54, 1.807) is 0 Å². The lowest BCUT2D eigenvalue weighted by Crippen LogP contribution is -2.24. The Morgan fingerprint density at radius 2 is 2.10 bits per heavy atom. The Balaban J connectivity index is 2.56. The van der Waals surface area contributed by atoms with E-state index in [2.05, 4.69) is 4.98 Å². The number of hydrogen-bond donors (Lipinski definition) is 0. The fourth-order valence-corrected chi connectivity index (χ4v) is 2.01. The molecule has 0 N–H and O–H groups in total. The van der Waals surface area contributed by atoms with Crippen LogP contribution in [0.3, 0.4) is 0 Å². The topological polar surface area (TPSA) is 76.3 Å². The summed E-state index contributed by atoms with van der Waals surface area (Å²) in [7, 11) is 0. The molecular formula is C13H9ClFN3O3. The average molecular weight is 310 g/mol. The summed E-state index contributed by atoms with van der Waals surface area (Å²) in [5, 5.41) is 10.8. The van der Waals surface area contributed by atoms with Gasteiger partial charge in [-0.25, -0.2) is 9.37 Å². The molecule has 0 saturated heterocycles. The molecular weight excluding hydrogens is 301 g/mol. The maximum Gasteiger partial charge on any atom is 0.274 e. The first-order valence-electron chi connectivity index (χ1n) is 5.76. The Morgan fingerprint density at radius 1 is 1.38 bits per heavy atom. The van der Waals surface area contributed by atoms with E-state index in [0.29, 0.717) is 0 Å². The smallest absolute Gasteiger partial charge is 0.274 e. The van der Waals surface area contributed by atoms with Gasteiger partial charge in [0.15, 0.2) is 0 Å². The first kappa shape index (κ1) is 14.9. The number of halogens is 2. The third-order valence-corrected chi connectivity index (χ3v) is 2.94. The number of anilines is 2. The van der Waals surface area contributed by atoms with E-state index >= 15 is 0 Å². The van der Waals surface area contributed by atoms with Crippen LogP contribution in [0.15, 0.2) is 36.5 Å². The van der Waals surface area contributed by atoms with E-state index in [0.717, 1.165) is 23.1 Å². The fraction of sp³-hybridized carbons (Fsp3) is 0.0769. The lowest BCUT2D eigenvalue weighted by molar-refractivity contribution is -0.384. The maximum atomic E-state index is 13.1. The van der Waals surface area contributed by atoms with Gasteiger partial charge in [-0.1, -0.05) is 11.6 Å². The normalized spacial score (nSPS) is 10.2. The molecule has 0 aliphatic rings. The molecule has 1 aromatic heterocycles. The summed E-state index contributed by atoms with van der Waals surface area (Å²) in [5.41, 5.74) is -0.0250. The summed E-state index contributed by atoms with van der Waals surface area (Å²) >= 11 is 5.93. The Hall–Kier alpha value is -2.54. The van der Waals surface area contributed by atoms with Gasteiger partial charge in [0.1, 0.15) is 11.6 Å². The van der Waals surface area contributed by atoms with Crippen LogP contribution in [0.4, 0.5) is 21.6 Å². The van der Waals surface area contributed by atoms with Gasteiger partial charge in [-0.2, -0.15) is 0 Å². The summed E-state index contributed by atoms with van der Waals surface area (Å²) < 4.78 is 13.1. The van der Waals surface area contributed by atoms with Crippen molar-refractivity contribution in [2.24, 2.45) is 0 Å². The molecule has 0 atom stereocenters. The second-order valence-corrected chi connectivity index (χ2v) is 4.49. The zero-order chi connectivity index (χ0) is 15.6. The highest BCUT2D eigenvalue weighted by Crippen LogP contribution is 2.32. The van der Waals surface area contributed by atoms with Crippen LogP contribution in [0, 0.1) is 15.9 Å². The predicted octanol–water partition coefficient (Wildman–Crippen LogP) is 3.47. The van der Waals surface area contributed by atoms with E-state index in [9.17, 15) is 19.3 Å². The molecule has 0 aliphatic carbocycles. The van der Waals surface area contributed by atoms with Crippen LogP contribution in [0.5, 0.6) is 0 Å². The molecule has 0 saturated carbocycles. The van der Waals surface area contributed by atoms with Crippen LogP contribution in [0.25, 0.3) is 0 Å². The van der Waals surface area contributed by atoms with E-state index in [1.165, 1.54) is 25.3 Å². The molecule has 1 amide bonds. The molecule has 21 heavy (non-hydrogen) atoms. The Morgan fingerprint density at radius 3 is 2.67 bits per heavy atom. The summed E-state index contributed by atoms with van der Waals surface area (Å²) in [6, 6.07) is 5.83.